The molecule has 0 saturated heterocycles. The van der Waals surface area contributed by atoms with Gasteiger partial charge in [0.05, 0.1) is 0 Å². The maximum absolute atomic E-state index is 9.73. The summed E-state index contributed by atoms with van der Waals surface area (Å²) in [5.74, 6) is 2.01. The van der Waals surface area contributed by atoms with Crippen LogP contribution in [0.1, 0.15) is 211 Å². The monoisotopic (exact) mass is 1090 g/mol. The first-order chi connectivity index (χ1) is 33.6. The van der Waals surface area contributed by atoms with E-state index in [2.05, 4.69) is 240 Å². The van der Waals surface area contributed by atoms with E-state index >= 15 is 0 Å². The van der Waals surface area contributed by atoms with Crippen molar-refractivity contribution < 1.29 is 16.4 Å². The van der Waals surface area contributed by atoms with Gasteiger partial charge in [0.15, 0.2) is 0 Å². The molecule has 0 saturated carbocycles. The van der Waals surface area contributed by atoms with Gasteiger partial charge in [0, 0.05) is 0 Å². The van der Waals surface area contributed by atoms with E-state index in [0.29, 0.717) is 23.7 Å². The number of allylic oxidation sites excluding steroid dienone is 2. The second-order valence-corrected chi connectivity index (χ2v) is 48.6. The van der Waals surface area contributed by atoms with Gasteiger partial charge in [0.25, 0.3) is 0 Å². The fourth-order valence-electron chi connectivity index (χ4n) is 13.1. The van der Waals surface area contributed by atoms with Gasteiger partial charge in [-0.2, -0.15) is 0 Å². The zero-order chi connectivity index (χ0) is 52.3. The molecule has 4 heteroatoms. The summed E-state index contributed by atoms with van der Waals surface area (Å²) < 4.78 is 0.963. The molecule has 0 nitrogen and oxygen atoms in total. The molecule has 1 aliphatic heterocycles. The van der Waals surface area contributed by atoms with Crippen LogP contribution in [0.25, 0.3) is 45.5 Å². The minimum atomic E-state index is -5.90. The van der Waals surface area contributed by atoms with Crippen molar-refractivity contribution in [3.63, 3.8) is 0 Å². The molecule has 0 fully saturated rings. The SMILES string of the molecule is CC(C)C1=Cc2c(ccc(C(C)(C)C)c2-c2cc(C(C)C)cc(C(C)C)c2)[CH]1[Zr]([Cl])([Cl])([c]1cccc2c1[SiH2]c1ccccc1-2)[CH]1C(C(C)C)=Cc2c1ccc(C(C)(C)C)c2-c1cc(C(C)C)cc(C(C)C)c1. The Morgan fingerprint density at radius 3 is 1.21 bits per heavy atom. The van der Waals surface area contributed by atoms with Crippen molar-refractivity contribution in [2.24, 2.45) is 11.8 Å². The van der Waals surface area contributed by atoms with Crippen LogP contribution < -0.4 is 13.6 Å². The Bertz CT molecular complexity index is 2980. The molecule has 0 aromatic heterocycles. The van der Waals surface area contributed by atoms with Gasteiger partial charge in [-0.25, -0.2) is 0 Å². The second-order valence-electron chi connectivity index (χ2n) is 26.2. The van der Waals surface area contributed by atoms with Crippen LogP contribution in [0, 0.1) is 11.8 Å². The van der Waals surface area contributed by atoms with Crippen LogP contribution in [0.15, 0.2) is 114 Å². The fourth-order valence-corrected chi connectivity index (χ4v) is 41.3. The van der Waals surface area contributed by atoms with Crippen LogP contribution in [0.2, 0.25) is 0 Å². The minimum absolute atomic E-state index is 0.112. The van der Waals surface area contributed by atoms with Crippen LogP contribution in [0.3, 0.4) is 0 Å². The van der Waals surface area contributed by atoms with E-state index in [0.717, 1.165) is 0 Å². The van der Waals surface area contributed by atoms with Crippen molar-refractivity contribution in [1.29, 1.82) is 0 Å². The number of rotatable bonds is 11. The van der Waals surface area contributed by atoms with Crippen molar-refractivity contribution in [2.75, 3.05) is 0 Å². The zero-order valence-corrected chi connectivity index (χ0v) is 52.4. The van der Waals surface area contributed by atoms with Gasteiger partial charge in [-0.1, -0.05) is 0 Å². The average molecular weight is 1090 g/mol. The Kier molecular flexibility index (Phi) is 14.0. The molecular weight excluding hydrogens is 1010 g/mol. The molecule has 0 bridgehead atoms. The van der Waals surface area contributed by atoms with E-state index in [4.69, 9.17) is 0 Å². The van der Waals surface area contributed by atoms with Gasteiger partial charge in [0.1, 0.15) is 0 Å². The molecule has 6 aromatic rings. The summed E-state index contributed by atoms with van der Waals surface area (Å²) in [5, 5.41) is 2.97. The van der Waals surface area contributed by atoms with Crippen LogP contribution in [-0.4, -0.2) is 9.52 Å². The maximum atomic E-state index is 9.73. The van der Waals surface area contributed by atoms with Crippen LogP contribution in [-0.2, 0) is 27.2 Å². The van der Waals surface area contributed by atoms with Gasteiger partial charge in [-0.05, 0) is 0 Å². The molecule has 2 unspecified atom stereocenters. The van der Waals surface area contributed by atoms with Crippen LogP contribution in [0.5, 0.6) is 0 Å². The first kappa shape index (κ1) is 53.3. The van der Waals surface area contributed by atoms with Gasteiger partial charge < -0.3 is 0 Å². The third-order valence-electron chi connectivity index (χ3n) is 17.0. The molecule has 0 amide bonds. The summed E-state index contributed by atoms with van der Waals surface area (Å²) in [5.41, 5.74) is 24.2. The molecule has 0 radical (unpaired) electrons. The molecule has 2 atom stereocenters. The normalized spacial score (nSPS) is 17.6. The number of hydrogen-bond donors (Lipinski definition) is 0. The first-order valence-corrected chi connectivity index (χ1v) is 39.3. The molecule has 2 aliphatic carbocycles. The molecule has 72 heavy (non-hydrogen) atoms. The van der Waals surface area contributed by atoms with Crippen molar-refractivity contribution in [2.45, 2.75) is 166 Å². The third kappa shape index (κ3) is 8.85. The average Bonchev–Trinajstić information content (AvgIpc) is 4.03. The zero-order valence-electron chi connectivity index (χ0n) is 47.1. The standard InChI is InChI=1S/2C28H37.C12H9Si.2ClH.Zr/c2*1-17(2)21-13-22(18(3)4)15-24(14-21)27-25-16-23(19(5)6)12-20(25)10-11-26(27)28(7,8)9;1-3-7-11-9(5-1)10-6-2-4-8-12(10)13-11;;;/h2*10-19H,1-9H3;1-7H,13H2;2*1H;/q;;;;;+2/p-2. The molecular formula is C68H83Cl2SiZr. The number of hydrogen-bond acceptors (Lipinski definition) is 0. The van der Waals surface area contributed by atoms with Crippen molar-refractivity contribution in [3.05, 3.63) is 170 Å². The van der Waals surface area contributed by atoms with Gasteiger partial charge in [0.2, 0.25) is 0 Å². The summed E-state index contributed by atoms with van der Waals surface area (Å²) in [7, 11) is 18.5. The molecule has 377 valence electrons. The van der Waals surface area contributed by atoms with Gasteiger partial charge in [-0.15, -0.1) is 0 Å². The summed E-state index contributed by atoms with van der Waals surface area (Å²) in [6.07, 6.45) is 5.21. The van der Waals surface area contributed by atoms with E-state index in [1.165, 1.54) is 114 Å². The van der Waals surface area contributed by atoms with Gasteiger partial charge >= 0.3 is 450 Å². The molecule has 3 aliphatic rings. The summed E-state index contributed by atoms with van der Waals surface area (Å²) in [6, 6.07) is 41.1. The first-order valence-electron chi connectivity index (χ1n) is 27.5. The van der Waals surface area contributed by atoms with Crippen LogP contribution in [0.4, 0.5) is 0 Å². The molecule has 1 heterocycles. The van der Waals surface area contributed by atoms with Gasteiger partial charge in [-0.3, -0.25) is 0 Å². The Hall–Kier alpha value is -3.52. The van der Waals surface area contributed by atoms with E-state index in [9.17, 15) is 17.0 Å². The Balaban J connectivity index is 1.44. The van der Waals surface area contributed by atoms with E-state index in [-0.39, 0.29) is 29.9 Å². The predicted octanol–water partition coefficient (Wildman–Crippen LogP) is 18.4. The summed E-state index contributed by atoms with van der Waals surface area (Å²) >= 11 is -5.90. The fraction of sp³-hybridized carbons (Fsp3) is 0.412. The quantitative estimate of drug-likeness (QED) is 0.113. The molecule has 0 spiro atoms. The topological polar surface area (TPSA) is 0 Å². The Morgan fingerprint density at radius 2 is 0.833 bits per heavy atom. The predicted molar refractivity (Wildman–Crippen MR) is 320 cm³/mol. The van der Waals surface area contributed by atoms with E-state index in [1.807, 2.05) is 0 Å². The molecule has 6 aromatic carbocycles. The van der Waals surface area contributed by atoms with Crippen molar-refractivity contribution in [3.8, 4) is 33.4 Å². The number of benzene rings is 6. The number of fused-ring (bicyclic) bond motifs is 5. The van der Waals surface area contributed by atoms with E-state index in [1.54, 1.807) is 0 Å². The van der Waals surface area contributed by atoms with Crippen molar-refractivity contribution in [1.82, 2.24) is 0 Å². The third-order valence-corrected chi connectivity index (χ3v) is 39.6. The Labute approximate surface area is 446 Å². The van der Waals surface area contributed by atoms with E-state index < -0.39 is 25.9 Å². The summed E-state index contributed by atoms with van der Waals surface area (Å²) in [4.78, 5) is 0. The molecule has 9 rings (SSSR count). The number of halogens is 2. The van der Waals surface area contributed by atoms with Crippen molar-refractivity contribution >= 4 is 52.3 Å². The second kappa shape index (κ2) is 18.9. The van der Waals surface area contributed by atoms with Crippen LogP contribution >= 0.6 is 17.0 Å². The summed E-state index contributed by atoms with van der Waals surface area (Å²) in [6.45, 7) is 42.6. The molecule has 0 N–H and O–H groups in total. The Morgan fingerprint density at radius 1 is 0.444 bits per heavy atom.